The molecule has 1 aromatic heterocycles. The molecule has 3 heterocycles. The zero-order valence-electron chi connectivity index (χ0n) is 19.5. The predicted molar refractivity (Wildman–Crippen MR) is 134 cm³/mol. The summed E-state index contributed by atoms with van der Waals surface area (Å²) >= 11 is 1.29. The number of carbonyl (C=O) groups is 1. The number of carbonyl (C=O) groups excluding carboxylic acids is 1. The van der Waals surface area contributed by atoms with Crippen molar-refractivity contribution in [2.24, 2.45) is 16.6 Å². The third-order valence-corrected chi connectivity index (χ3v) is 8.63. The topological polar surface area (TPSA) is 75.9 Å². The standard InChI is InChI=1S/C26H25F2N5OS/c1-15-5-4-10-33(15)23(34)26-13-22(26)25(2,32-24(29)35-26)18-11-16(6-8-19(18)27)12-20(28)21-9-7-17(30-3)14-31-21/h6-9,11-12,14-15,22H,4-5,10,13H2,1-2H3,(H2,29,32)/b20-12-/t15?,22-,25+,26-/m0/s1. The molecule has 1 amide bonds. The van der Waals surface area contributed by atoms with E-state index in [0.717, 1.165) is 19.4 Å². The number of aliphatic imine (C=N–C) groups is 1. The van der Waals surface area contributed by atoms with Crippen LogP contribution < -0.4 is 5.73 Å². The van der Waals surface area contributed by atoms with Gasteiger partial charge < -0.3 is 10.6 Å². The summed E-state index contributed by atoms with van der Waals surface area (Å²) in [6, 6.07) is 7.44. The lowest BCUT2D eigenvalue weighted by Crippen LogP contribution is -2.47. The van der Waals surface area contributed by atoms with Crippen LogP contribution in [-0.2, 0) is 10.3 Å². The van der Waals surface area contributed by atoms with Crippen molar-refractivity contribution in [3.05, 3.63) is 70.6 Å². The Balaban J connectivity index is 1.48. The van der Waals surface area contributed by atoms with Crippen LogP contribution in [0.4, 0.5) is 14.5 Å². The van der Waals surface area contributed by atoms with Crippen molar-refractivity contribution in [2.75, 3.05) is 6.54 Å². The number of pyridine rings is 1. The number of benzene rings is 1. The highest BCUT2D eigenvalue weighted by Gasteiger charge is 2.71. The van der Waals surface area contributed by atoms with Gasteiger partial charge in [-0.3, -0.25) is 14.8 Å². The Morgan fingerprint density at radius 1 is 1.37 bits per heavy atom. The summed E-state index contributed by atoms with van der Waals surface area (Å²) in [6.45, 7) is 11.6. The van der Waals surface area contributed by atoms with E-state index in [1.807, 2.05) is 4.90 Å². The Kier molecular flexibility index (Phi) is 5.67. The third kappa shape index (κ3) is 3.90. The molecule has 0 radical (unpaired) electrons. The molecule has 6 nitrogen and oxygen atoms in total. The smallest absolute Gasteiger partial charge is 0.239 e. The van der Waals surface area contributed by atoms with Crippen LogP contribution in [0.25, 0.3) is 16.7 Å². The number of amidine groups is 1. The molecule has 0 bridgehead atoms. The molecular weight excluding hydrogens is 468 g/mol. The van der Waals surface area contributed by atoms with E-state index in [1.54, 1.807) is 13.0 Å². The van der Waals surface area contributed by atoms with Crippen LogP contribution in [0.3, 0.4) is 0 Å². The number of amides is 1. The summed E-state index contributed by atoms with van der Waals surface area (Å²) in [7, 11) is 0. The Morgan fingerprint density at radius 3 is 2.83 bits per heavy atom. The van der Waals surface area contributed by atoms with E-state index in [9.17, 15) is 9.18 Å². The third-order valence-electron chi connectivity index (χ3n) is 7.34. The molecule has 3 aliphatic rings. The van der Waals surface area contributed by atoms with Gasteiger partial charge in [0.15, 0.2) is 5.17 Å². The van der Waals surface area contributed by atoms with E-state index in [2.05, 4.69) is 21.7 Å². The van der Waals surface area contributed by atoms with Crippen LogP contribution >= 0.6 is 11.8 Å². The van der Waals surface area contributed by atoms with Crippen LogP contribution in [-0.4, -0.2) is 38.3 Å². The Bertz CT molecular complexity index is 1300. The average molecular weight is 494 g/mol. The van der Waals surface area contributed by atoms with Crippen molar-refractivity contribution in [3.8, 4) is 0 Å². The van der Waals surface area contributed by atoms with Gasteiger partial charge >= 0.3 is 0 Å². The van der Waals surface area contributed by atoms with E-state index in [4.69, 9.17) is 12.3 Å². The summed E-state index contributed by atoms with van der Waals surface area (Å²) in [5, 5.41) is 0.261. The number of hydrogen-bond donors (Lipinski definition) is 1. The summed E-state index contributed by atoms with van der Waals surface area (Å²) in [4.78, 5) is 27.3. The van der Waals surface area contributed by atoms with Crippen molar-refractivity contribution >= 4 is 40.4 Å². The van der Waals surface area contributed by atoms with E-state index in [1.165, 1.54) is 48.3 Å². The normalized spacial score (nSPS) is 29.9. The van der Waals surface area contributed by atoms with Gasteiger partial charge in [0.1, 0.15) is 16.4 Å². The number of nitrogens with two attached hydrogens (primary N) is 1. The molecule has 1 unspecified atom stereocenters. The van der Waals surface area contributed by atoms with Gasteiger partial charge in [-0.25, -0.2) is 13.6 Å². The van der Waals surface area contributed by atoms with Crippen molar-refractivity contribution in [1.82, 2.24) is 9.88 Å². The van der Waals surface area contributed by atoms with Gasteiger partial charge in [0.05, 0.1) is 17.8 Å². The first-order chi connectivity index (χ1) is 16.7. The number of nitrogens with zero attached hydrogens (tertiary/aromatic N) is 4. The highest BCUT2D eigenvalue weighted by Crippen LogP contribution is 2.66. The maximum atomic E-state index is 15.2. The van der Waals surface area contributed by atoms with Gasteiger partial charge in [-0.15, -0.1) is 0 Å². The maximum Gasteiger partial charge on any atom is 0.239 e. The van der Waals surface area contributed by atoms with E-state index < -0.39 is 21.9 Å². The highest BCUT2D eigenvalue weighted by atomic mass is 32.2. The quantitative estimate of drug-likeness (QED) is 0.588. The second-order valence-electron chi connectivity index (χ2n) is 9.58. The van der Waals surface area contributed by atoms with Gasteiger partial charge in [0.2, 0.25) is 11.6 Å². The van der Waals surface area contributed by atoms with Gasteiger partial charge in [0.25, 0.3) is 0 Å². The van der Waals surface area contributed by atoms with Crippen LogP contribution in [0.15, 0.2) is 41.5 Å². The lowest BCUT2D eigenvalue weighted by molar-refractivity contribution is -0.132. The fraction of sp³-hybridized carbons (Fsp3) is 0.385. The molecule has 1 aromatic carbocycles. The van der Waals surface area contributed by atoms with Crippen LogP contribution in [0.2, 0.25) is 0 Å². The fourth-order valence-electron chi connectivity index (χ4n) is 5.37. The van der Waals surface area contributed by atoms with Crippen LogP contribution in [0.5, 0.6) is 0 Å². The number of fused-ring (bicyclic) bond motifs is 1. The summed E-state index contributed by atoms with van der Waals surface area (Å²) in [5.74, 6) is -1.24. The number of likely N-dealkylation sites (tertiary alicyclic amines) is 1. The number of rotatable bonds is 4. The van der Waals surface area contributed by atoms with Crippen molar-refractivity contribution in [2.45, 2.75) is 49.4 Å². The van der Waals surface area contributed by atoms with Crippen molar-refractivity contribution < 1.29 is 13.6 Å². The molecule has 9 heteroatoms. The largest absolute Gasteiger partial charge is 0.378 e. The minimum Gasteiger partial charge on any atom is -0.378 e. The second kappa shape index (κ2) is 8.45. The number of hydrogen-bond acceptors (Lipinski definition) is 5. The Morgan fingerprint density at radius 2 is 2.17 bits per heavy atom. The molecule has 5 rings (SSSR count). The first-order valence-electron chi connectivity index (χ1n) is 11.5. The molecule has 180 valence electrons. The molecule has 0 spiro atoms. The molecule has 2 aliphatic heterocycles. The number of halogens is 2. The van der Waals surface area contributed by atoms with Crippen LogP contribution in [0, 0.1) is 18.3 Å². The molecule has 1 saturated heterocycles. The zero-order chi connectivity index (χ0) is 25.0. The average Bonchev–Trinajstić information content (AvgIpc) is 3.45. The Hall–Kier alpha value is -3.25. The predicted octanol–water partition coefficient (Wildman–Crippen LogP) is 5.29. The van der Waals surface area contributed by atoms with E-state index in [0.29, 0.717) is 17.7 Å². The van der Waals surface area contributed by atoms with Gasteiger partial charge in [-0.1, -0.05) is 23.9 Å². The summed E-state index contributed by atoms with van der Waals surface area (Å²) < 4.78 is 29.3. The molecule has 1 aliphatic carbocycles. The molecular formula is C26H25F2N5OS. The number of thioether (sulfide) groups is 1. The molecule has 35 heavy (non-hydrogen) atoms. The monoisotopic (exact) mass is 493 g/mol. The second-order valence-corrected chi connectivity index (χ2v) is 10.9. The van der Waals surface area contributed by atoms with E-state index in [-0.39, 0.29) is 34.3 Å². The lowest BCUT2D eigenvalue weighted by atomic mass is 9.84. The SMILES string of the molecule is [C-]#[N+]c1ccc(/C(F)=C/c2ccc(F)c([C@@]3(C)N=C(N)S[C@@]4(C(=O)N5CCCC5C)C[C@H]43)c2)nc1. The van der Waals surface area contributed by atoms with Crippen LogP contribution in [0.1, 0.15) is 49.9 Å². The minimum absolute atomic E-state index is 0.0537. The van der Waals surface area contributed by atoms with E-state index >= 15 is 4.39 Å². The zero-order valence-corrected chi connectivity index (χ0v) is 20.3. The maximum absolute atomic E-state index is 15.2. The molecule has 2 fully saturated rings. The fourth-order valence-corrected chi connectivity index (χ4v) is 6.80. The first-order valence-corrected chi connectivity index (χ1v) is 12.4. The van der Waals surface area contributed by atoms with Crippen molar-refractivity contribution in [1.29, 1.82) is 0 Å². The summed E-state index contributed by atoms with van der Waals surface area (Å²) in [5.41, 5.74) is 6.28. The summed E-state index contributed by atoms with van der Waals surface area (Å²) in [6.07, 6.45) is 5.08. The van der Waals surface area contributed by atoms with Gasteiger partial charge in [-0.05, 0) is 62.9 Å². The lowest BCUT2D eigenvalue weighted by Gasteiger charge is -2.36. The van der Waals surface area contributed by atoms with Gasteiger partial charge in [-0.2, -0.15) is 0 Å². The highest BCUT2D eigenvalue weighted by molar-refractivity contribution is 8.15. The molecule has 4 atom stereocenters. The molecule has 2 aromatic rings. The minimum atomic E-state index is -1.05. The van der Waals surface area contributed by atoms with Crippen molar-refractivity contribution in [3.63, 3.8) is 0 Å². The Labute approximate surface area is 207 Å². The first kappa shape index (κ1) is 23.5. The molecule has 2 N–H and O–H groups in total. The molecule has 1 saturated carbocycles. The van der Waals surface area contributed by atoms with Gasteiger partial charge in [0, 0.05) is 30.3 Å². The number of aromatic nitrogens is 1.